The number of allylic oxidation sites excluding steroid dienone is 3. The van der Waals surface area contributed by atoms with Crippen molar-refractivity contribution in [2.75, 3.05) is 5.33 Å². The quantitative estimate of drug-likeness (QED) is 0.383. The molecule has 0 saturated carbocycles. The molecule has 88 valence electrons. The predicted molar refractivity (Wildman–Crippen MR) is 82.2 cm³/mol. The Balaban J connectivity index is 4.55. The zero-order valence-corrected chi connectivity index (χ0v) is 14.8. The van der Waals surface area contributed by atoms with Crippen LogP contribution in [0.2, 0.25) is 0 Å². The van der Waals surface area contributed by atoms with Gasteiger partial charge in [0, 0.05) is 5.33 Å². The third-order valence-electron chi connectivity index (χ3n) is 1.80. The Morgan fingerprint density at radius 1 is 1.27 bits per heavy atom. The van der Waals surface area contributed by atoms with Gasteiger partial charge >= 0.3 is 0 Å². The molecular weight excluding hydrogens is 431 g/mol. The highest BCUT2D eigenvalue weighted by atomic mass is 79.9. The summed E-state index contributed by atoms with van der Waals surface area (Å²) in [6.45, 7) is 3.86. The Kier molecular flexibility index (Phi) is 7.76. The van der Waals surface area contributed by atoms with E-state index in [1.165, 1.54) is 0 Å². The first-order valence-electron chi connectivity index (χ1n) is 4.30. The molecule has 0 rings (SSSR count). The van der Waals surface area contributed by atoms with Crippen LogP contribution in [0.25, 0.3) is 0 Å². The van der Waals surface area contributed by atoms with Gasteiger partial charge in [-0.2, -0.15) is 0 Å². The maximum Gasteiger partial charge on any atom is 0.0765 e. The van der Waals surface area contributed by atoms with E-state index in [9.17, 15) is 0 Å². The summed E-state index contributed by atoms with van der Waals surface area (Å²) in [7, 11) is 0. The van der Waals surface area contributed by atoms with Gasteiger partial charge in [0.15, 0.2) is 0 Å². The van der Waals surface area contributed by atoms with Crippen molar-refractivity contribution in [2.24, 2.45) is 0 Å². The van der Waals surface area contributed by atoms with Crippen LogP contribution in [-0.2, 0) is 0 Å². The van der Waals surface area contributed by atoms with E-state index in [0.717, 1.165) is 0 Å². The minimum atomic E-state index is -0.473. The number of alkyl halides is 4. The summed E-state index contributed by atoms with van der Waals surface area (Å²) in [6.07, 6.45) is 5.78. The molecule has 5 heteroatoms. The molecule has 0 aliphatic rings. The molecule has 0 spiro atoms. The zero-order chi connectivity index (χ0) is 12.1. The molecule has 0 bridgehead atoms. The van der Waals surface area contributed by atoms with Crippen molar-refractivity contribution in [3.05, 3.63) is 23.2 Å². The van der Waals surface area contributed by atoms with E-state index >= 15 is 0 Å². The van der Waals surface area contributed by atoms with E-state index in [1.54, 1.807) is 4.99 Å². The number of rotatable bonds is 5. The standard InChI is InChI=1S/C10H13Br3Cl2/c1-9(14,7-12)4-3-8(13)10(2,15)5-6-11/h3-6,8H,7H2,1-2H3/b4-3+,6-5+/t8-,9?,10+/m1/s1. The molecule has 0 aromatic heterocycles. The van der Waals surface area contributed by atoms with E-state index in [0.29, 0.717) is 5.33 Å². The molecule has 0 fully saturated rings. The Hall–Kier alpha value is 1.50. The van der Waals surface area contributed by atoms with Crippen molar-refractivity contribution in [3.63, 3.8) is 0 Å². The van der Waals surface area contributed by atoms with E-state index in [-0.39, 0.29) is 9.70 Å². The molecule has 0 aliphatic carbocycles. The lowest BCUT2D eigenvalue weighted by molar-refractivity contribution is 0.807. The topological polar surface area (TPSA) is 0 Å². The lowest BCUT2D eigenvalue weighted by Crippen LogP contribution is -2.25. The maximum absolute atomic E-state index is 6.29. The van der Waals surface area contributed by atoms with Crippen LogP contribution in [0.1, 0.15) is 13.8 Å². The largest absolute Gasteiger partial charge is 0.114 e. The molecule has 15 heavy (non-hydrogen) atoms. The molecule has 0 radical (unpaired) electrons. The van der Waals surface area contributed by atoms with Crippen LogP contribution in [0, 0.1) is 0 Å². The summed E-state index contributed by atoms with van der Waals surface area (Å²) < 4.78 is 0. The summed E-state index contributed by atoms with van der Waals surface area (Å²) in [5.41, 5.74) is 0. The van der Waals surface area contributed by atoms with Crippen molar-refractivity contribution in [2.45, 2.75) is 28.4 Å². The van der Waals surface area contributed by atoms with Gasteiger partial charge in [-0.1, -0.05) is 66.0 Å². The van der Waals surface area contributed by atoms with Crippen molar-refractivity contribution in [1.82, 2.24) is 0 Å². The van der Waals surface area contributed by atoms with Gasteiger partial charge < -0.3 is 0 Å². The molecule has 0 saturated heterocycles. The SMILES string of the molecule is CC(Cl)(/C=C/[C@@H](Br)[C@@](C)(Cl)/C=C/Br)CBr. The molecule has 1 unspecified atom stereocenters. The average Bonchev–Trinajstić information content (AvgIpc) is 2.14. The molecule has 0 N–H and O–H groups in total. The van der Waals surface area contributed by atoms with Gasteiger partial charge in [0.2, 0.25) is 0 Å². The molecule has 0 nitrogen and oxygen atoms in total. The fourth-order valence-corrected chi connectivity index (χ4v) is 2.13. The van der Waals surface area contributed by atoms with E-state index in [4.69, 9.17) is 23.2 Å². The van der Waals surface area contributed by atoms with Crippen molar-refractivity contribution in [1.29, 1.82) is 0 Å². The van der Waals surface area contributed by atoms with Crippen LogP contribution >= 0.6 is 71.0 Å². The van der Waals surface area contributed by atoms with Crippen molar-refractivity contribution < 1.29 is 0 Å². The van der Waals surface area contributed by atoms with Gasteiger partial charge in [-0.05, 0) is 18.8 Å². The summed E-state index contributed by atoms with van der Waals surface area (Å²) in [6, 6.07) is 0. The first-order valence-corrected chi connectivity index (χ1v) is 8.01. The smallest absolute Gasteiger partial charge is 0.0765 e. The fourth-order valence-electron chi connectivity index (χ4n) is 0.733. The number of halogens is 5. The molecule has 0 aliphatic heterocycles. The molecule has 0 amide bonds. The summed E-state index contributed by atoms with van der Waals surface area (Å²) >= 11 is 22.5. The Morgan fingerprint density at radius 2 is 1.80 bits per heavy atom. The van der Waals surface area contributed by atoms with Gasteiger partial charge in [0.1, 0.15) is 0 Å². The minimum Gasteiger partial charge on any atom is -0.114 e. The van der Waals surface area contributed by atoms with Crippen LogP contribution in [0.5, 0.6) is 0 Å². The Bertz CT molecular complexity index is 247. The third kappa shape index (κ3) is 6.72. The maximum atomic E-state index is 6.29. The minimum absolute atomic E-state index is 0.0255. The molecule has 0 aromatic carbocycles. The third-order valence-corrected chi connectivity index (χ3v) is 5.69. The number of hydrogen-bond acceptors (Lipinski definition) is 0. The van der Waals surface area contributed by atoms with Gasteiger partial charge in [-0.25, -0.2) is 0 Å². The van der Waals surface area contributed by atoms with E-state index < -0.39 is 4.87 Å². The molecular formula is C10H13Br3Cl2. The van der Waals surface area contributed by atoms with Crippen LogP contribution < -0.4 is 0 Å². The Labute approximate surface area is 127 Å². The second-order valence-electron chi connectivity index (χ2n) is 3.62. The second kappa shape index (κ2) is 7.05. The van der Waals surface area contributed by atoms with Crippen LogP contribution in [0.15, 0.2) is 23.2 Å². The zero-order valence-electron chi connectivity index (χ0n) is 8.48. The normalized spacial score (nSPS) is 22.9. The monoisotopic (exact) mass is 440 g/mol. The van der Waals surface area contributed by atoms with E-state index in [2.05, 4.69) is 47.8 Å². The molecule has 0 heterocycles. The second-order valence-corrected chi connectivity index (χ2v) is 7.37. The van der Waals surface area contributed by atoms with Gasteiger partial charge in [-0.3, -0.25) is 0 Å². The summed E-state index contributed by atoms with van der Waals surface area (Å²) in [4.78, 5) is 0.931. The summed E-state index contributed by atoms with van der Waals surface area (Å²) in [5.74, 6) is 0. The lowest BCUT2D eigenvalue weighted by Gasteiger charge is -2.22. The molecule has 3 atom stereocenters. The van der Waals surface area contributed by atoms with Gasteiger partial charge in [0.25, 0.3) is 0 Å². The highest BCUT2D eigenvalue weighted by molar-refractivity contribution is 9.11. The van der Waals surface area contributed by atoms with Gasteiger partial charge in [-0.15, -0.1) is 23.2 Å². The fraction of sp³-hybridized carbons (Fsp3) is 0.600. The number of hydrogen-bond donors (Lipinski definition) is 0. The first kappa shape index (κ1) is 16.5. The first-order chi connectivity index (χ1) is 6.75. The van der Waals surface area contributed by atoms with Crippen molar-refractivity contribution >= 4 is 71.0 Å². The van der Waals surface area contributed by atoms with Crippen LogP contribution in [0.4, 0.5) is 0 Å². The van der Waals surface area contributed by atoms with Crippen LogP contribution in [0.3, 0.4) is 0 Å². The average molecular weight is 444 g/mol. The Morgan fingerprint density at radius 3 is 2.20 bits per heavy atom. The predicted octanol–water partition coefficient (Wildman–Crippen LogP) is 5.60. The van der Waals surface area contributed by atoms with Gasteiger partial charge in [0.05, 0.1) is 14.6 Å². The highest BCUT2D eigenvalue weighted by Crippen LogP contribution is 2.30. The molecule has 0 aromatic rings. The summed E-state index contributed by atoms with van der Waals surface area (Å²) in [5, 5.41) is 0.699. The van der Waals surface area contributed by atoms with Crippen molar-refractivity contribution in [3.8, 4) is 0 Å². The van der Waals surface area contributed by atoms with E-state index in [1.807, 2.05) is 32.1 Å². The van der Waals surface area contributed by atoms with Crippen LogP contribution in [-0.4, -0.2) is 19.9 Å². The highest BCUT2D eigenvalue weighted by Gasteiger charge is 2.26. The lowest BCUT2D eigenvalue weighted by atomic mass is 10.1.